The predicted molar refractivity (Wildman–Crippen MR) is 92.0 cm³/mol. The van der Waals surface area contributed by atoms with Gasteiger partial charge < -0.3 is 4.74 Å². The Balaban J connectivity index is 1.68. The van der Waals surface area contributed by atoms with Crippen LogP contribution in [0.2, 0.25) is 19.6 Å². The van der Waals surface area contributed by atoms with Gasteiger partial charge in [-0.1, -0.05) is 25.6 Å². The summed E-state index contributed by atoms with van der Waals surface area (Å²) in [5.74, 6) is 4.94. The Hall–Kier alpha value is -1.99. The van der Waals surface area contributed by atoms with Gasteiger partial charge in [-0.25, -0.2) is 4.68 Å². The van der Waals surface area contributed by atoms with Crippen molar-refractivity contribution in [2.75, 3.05) is 6.61 Å². The zero-order valence-electron chi connectivity index (χ0n) is 13.5. The van der Waals surface area contributed by atoms with Gasteiger partial charge in [-0.2, -0.15) is 5.10 Å². The molecule has 0 amide bonds. The second-order valence-corrected chi connectivity index (χ2v) is 11.7. The molecule has 1 aliphatic rings. The normalized spacial score (nSPS) is 14.3. The summed E-state index contributed by atoms with van der Waals surface area (Å²) in [7, 11) is -1.35. The van der Waals surface area contributed by atoms with Crippen molar-refractivity contribution in [1.29, 1.82) is 0 Å². The Morgan fingerprint density at radius 3 is 2.59 bits per heavy atom. The number of rotatable bonds is 4. The number of hydrogen-bond donors (Lipinski definition) is 0. The highest BCUT2D eigenvalue weighted by atomic mass is 28.3. The number of benzene rings is 1. The van der Waals surface area contributed by atoms with Crippen LogP contribution in [0.4, 0.5) is 0 Å². The lowest BCUT2D eigenvalue weighted by Gasteiger charge is -2.06. The van der Waals surface area contributed by atoms with Gasteiger partial charge in [0.05, 0.1) is 24.1 Å². The van der Waals surface area contributed by atoms with Crippen LogP contribution in [-0.4, -0.2) is 24.5 Å². The first-order valence-electron chi connectivity index (χ1n) is 7.81. The molecule has 2 aromatic rings. The van der Waals surface area contributed by atoms with Gasteiger partial charge >= 0.3 is 0 Å². The van der Waals surface area contributed by atoms with Crippen molar-refractivity contribution in [3.8, 4) is 22.9 Å². The molecule has 0 aliphatic heterocycles. The van der Waals surface area contributed by atoms with Crippen LogP contribution in [0, 0.1) is 17.4 Å². The molecule has 114 valence electrons. The average Bonchev–Trinajstić information content (AvgIpc) is 3.19. The molecule has 0 unspecified atom stereocenters. The maximum absolute atomic E-state index is 5.75. The summed E-state index contributed by atoms with van der Waals surface area (Å²) in [5.41, 5.74) is 5.36. The predicted octanol–water partition coefficient (Wildman–Crippen LogP) is 3.89. The topological polar surface area (TPSA) is 27.1 Å². The number of nitrogens with zero attached hydrogens (tertiary/aromatic N) is 2. The Morgan fingerprint density at radius 2 is 1.95 bits per heavy atom. The molecular weight excluding hydrogens is 288 g/mol. The molecule has 1 aromatic heterocycles. The van der Waals surface area contributed by atoms with Crippen LogP contribution in [0.3, 0.4) is 0 Å². The van der Waals surface area contributed by atoms with Gasteiger partial charge in [-0.3, -0.25) is 0 Å². The molecule has 0 N–H and O–H groups in total. The Kier molecular flexibility index (Phi) is 4.08. The third-order valence-electron chi connectivity index (χ3n) is 3.45. The van der Waals surface area contributed by atoms with Gasteiger partial charge in [-0.15, -0.1) is 5.54 Å². The molecule has 4 heteroatoms. The van der Waals surface area contributed by atoms with Crippen molar-refractivity contribution in [2.24, 2.45) is 5.92 Å². The first-order chi connectivity index (χ1) is 10.5. The van der Waals surface area contributed by atoms with E-state index in [2.05, 4.69) is 36.2 Å². The third kappa shape index (κ3) is 4.25. The molecule has 0 spiro atoms. The Bertz CT molecular complexity index is 697. The van der Waals surface area contributed by atoms with Crippen LogP contribution >= 0.6 is 0 Å². The van der Waals surface area contributed by atoms with Gasteiger partial charge in [0, 0.05) is 6.20 Å². The van der Waals surface area contributed by atoms with E-state index in [-0.39, 0.29) is 0 Å². The summed E-state index contributed by atoms with van der Waals surface area (Å²) >= 11 is 0. The van der Waals surface area contributed by atoms with Gasteiger partial charge in [0.2, 0.25) is 0 Å². The first-order valence-corrected chi connectivity index (χ1v) is 11.3. The second kappa shape index (κ2) is 6.02. The molecule has 1 aromatic carbocycles. The quantitative estimate of drug-likeness (QED) is 0.633. The third-order valence-corrected chi connectivity index (χ3v) is 4.32. The van der Waals surface area contributed by atoms with E-state index in [9.17, 15) is 0 Å². The summed E-state index contributed by atoms with van der Waals surface area (Å²) in [5, 5.41) is 4.39. The fourth-order valence-electron chi connectivity index (χ4n) is 1.98. The SMILES string of the molecule is C[Si](C)(C)C#Cc1cnn(-c2ccc(OCC3CC3)cc2)c1. The fraction of sp³-hybridized carbons (Fsp3) is 0.389. The van der Waals surface area contributed by atoms with E-state index in [0.29, 0.717) is 0 Å². The van der Waals surface area contributed by atoms with Crippen molar-refractivity contribution >= 4 is 8.07 Å². The summed E-state index contributed by atoms with van der Waals surface area (Å²) in [4.78, 5) is 0. The fourth-order valence-corrected chi connectivity index (χ4v) is 2.50. The van der Waals surface area contributed by atoms with Crippen molar-refractivity contribution in [1.82, 2.24) is 9.78 Å². The van der Waals surface area contributed by atoms with Crippen molar-refractivity contribution in [3.63, 3.8) is 0 Å². The van der Waals surface area contributed by atoms with Crippen molar-refractivity contribution in [3.05, 3.63) is 42.2 Å². The number of ether oxygens (including phenoxy) is 1. The summed E-state index contributed by atoms with van der Waals surface area (Å²) in [6.07, 6.45) is 6.43. The van der Waals surface area contributed by atoms with E-state index in [1.807, 2.05) is 41.3 Å². The van der Waals surface area contributed by atoms with Gasteiger partial charge in [0.1, 0.15) is 13.8 Å². The van der Waals surface area contributed by atoms with Gasteiger partial charge in [0.25, 0.3) is 0 Å². The molecule has 1 saturated carbocycles. The van der Waals surface area contributed by atoms with E-state index >= 15 is 0 Å². The summed E-state index contributed by atoms with van der Waals surface area (Å²) in [6.45, 7) is 7.57. The number of aromatic nitrogens is 2. The van der Waals surface area contributed by atoms with Crippen LogP contribution in [0.25, 0.3) is 5.69 Å². The highest BCUT2D eigenvalue weighted by molar-refractivity contribution is 6.83. The minimum Gasteiger partial charge on any atom is -0.493 e. The van der Waals surface area contributed by atoms with Crippen molar-refractivity contribution < 1.29 is 4.74 Å². The minimum absolute atomic E-state index is 0.776. The van der Waals surface area contributed by atoms with Crippen LogP contribution in [-0.2, 0) is 0 Å². The molecule has 3 nitrogen and oxygen atoms in total. The molecule has 22 heavy (non-hydrogen) atoms. The molecule has 3 rings (SSSR count). The lowest BCUT2D eigenvalue weighted by molar-refractivity contribution is 0.300. The van der Waals surface area contributed by atoms with Crippen LogP contribution in [0.15, 0.2) is 36.7 Å². The van der Waals surface area contributed by atoms with E-state index in [0.717, 1.165) is 29.5 Å². The van der Waals surface area contributed by atoms with Crippen molar-refractivity contribution in [2.45, 2.75) is 32.5 Å². The van der Waals surface area contributed by atoms with Crippen LogP contribution in [0.5, 0.6) is 5.75 Å². The van der Waals surface area contributed by atoms with E-state index in [4.69, 9.17) is 4.74 Å². The van der Waals surface area contributed by atoms with E-state index < -0.39 is 8.07 Å². The molecule has 1 fully saturated rings. The highest BCUT2D eigenvalue weighted by Crippen LogP contribution is 2.29. The maximum atomic E-state index is 5.75. The lowest BCUT2D eigenvalue weighted by atomic mass is 10.3. The minimum atomic E-state index is -1.35. The molecule has 0 saturated heterocycles. The van der Waals surface area contributed by atoms with E-state index in [1.54, 1.807) is 0 Å². The molecule has 0 radical (unpaired) electrons. The molecule has 1 aliphatic carbocycles. The monoisotopic (exact) mass is 310 g/mol. The summed E-state index contributed by atoms with van der Waals surface area (Å²) < 4.78 is 7.61. The zero-order chi connectivity index (χ0) is 15.6. The van der Waals surface area contributed by atoms with Crippen LogP contribution in [0.1, 0.15) is 18.4 Å². The van der Waals surface area contributed by atoms with E-state index in [1.165, 1.54) is 12.8 Å². The lowest BCUT2D eigenvalue weighted by Crippen LogP contribution is -2.16. The Labute approximate surface area is 133 Å². The smallest absolute Gasteiger partial charge is 0.129 e. The maximum Gasteiger partial charge on any atom is 0.129 e. The highest BCUT2D eigenvalue weighted by Gasteiger charge is 2.21. The largest absolute Gasteiger partial charge is 0.493 e. The van der Waals surface area contributed by atoms with Gasteiger partial charge in [-0.05, 0) is 43.0 Å². The van der Waals surface area contributed by atoms with Gasteiger partial charge in [0.15, 0.2) is 0 Å². The second-order valence-electron chi connectivity index (χ2n) is 6.92. The number of hydrogen-bond acceptors (Lipinski definition) is 2. The Morgan fingerprint density at radius 1 is 1.23 bits per heavy atom. The summed E-state index contributed by atoms with van der Waals surface area (Å²) in [6, 6.07) is 8.08. The molecule has 0 bridgehead atoms. The average molecular weight is 310 g/mol. The zero-order valence-corrected chi connectivity index (χ0v) is 14.5. The molecule has 0 atom stereocenters. The van der Waals surface area contributed by atoms with Crippen LogP contribution < -0.4 is 4.74 Å². The molecular formula is C18H22N2OSi. The standard InChI is InChI=1S/C18H22N2OSi/c1-22(2,3)11-10-16-12-19-20(13-16)17-6-8-18(9-7-17)21-14-15-4-5-15/h6-9,12-13,15H,4-5,14H2,1-3H3. The first kappa shape index (κ1) is 14.9. The molecule has 1 heterocycles.